The average molecular weight is 538 g/mol. The van der Waals surface area contributed by atoms with Gasteiger partial charge in [0.05, 0.1) is 11.0 Å². The van der Waals surface area contributed by atoms with E-state index < -0.39 is 6.04 Å². The number of hydrogen-bond donors (Lipinski definition) is 3. The standard InChI is InChI=1S/C30H43N5O2S/c1-5-23(6-2)35-27-12-11-22(16-25(27)33-28(35)17-24-10-8-14-38-24)29(36)34-26(15-20(3)4)30(37)32-19-21-9-7-13-31-18-21/h8,10-12,14,16,20-21,23,26,31H,5-7,9,13,15,17-19H2,1-4H3,(H,32,37)(H,34,36)/t21?,26-/m0/s1. The Bertz CT molecular complexity index is 1190. The molecule has 0 radical (unpaired) electrons. The zero-order valence-electron chi connectivity index (χ0n) is 23.3. The molecule has 0 bridgehead atoms. The molecule has 2 aromatic heterocycles. The Morgan fingerprint density at radius 1 is 1.21 bits per heavy atom. The Kier molecular flexibility index (Phi) is 9.97. The number of fused-ring (bicyclic) bond motifs is 1. The first kappa shape index (κ1) is 28.3. The first-order valence-corrected chi connectivity index (χ1v) is 15.1. The van der Waals surface area contributed by atoms with Gasteiger partial charge in [-0.25, -0.2) is 4.98 Å². The number of hydrogen-bond acceptors (Lipinski definition) is 5. The van der Waals surface area contributed by atoms with Crippen LogP contribution < -0.4 is 16.0 Å². The number of benzene rings is 1. The van der Waals surface area contributed by atoms with Crippen molar-refractivity contribution in [2.45, 2.75) is 78.3 Å². The highest BCUT2D eigenvalue weighted by atomic mass is 32.1. The molecule has 1 saturated heterocycles. The van der Waals surface area contributed by atoms with Gasteiger partial charge < -0.3 is 20.5 Å². The zero-order chi connectivity index (χ0) is 27.1. The maximum absolute atomic E-state index is 13.4. The van der Waals surface area contributed by atoms with Gasteiger partial charge in [0.15, 0.2) is 0 Å². The van der Waals surface area contributed by atoms with Crippen LogP contribution in [0.1, 0.15) is 86.9 Å². The van der Waals surface area contributed by atoms with Crippen LogP contribution in [0.5, 0.6) is 0 Å². The van der Waals surface area contributed by atoms with E-state index in [1.165, 1.54) is 4.88 Å². The molecule has 1 fully saturated rings. The van der Waals surface area contributed by atoms with E-state index in [1.54, 1.807) is 11.3 Å². The van der Waals surface area contributed by atoms with E-state index in [9.17, 15) is 9.59 Å². The van der Waals surface area contributed by atoms with Crippen molar-refractivity contribution in [3.63, 3.8) is 0 Å². The van der Waals surface area contributed by atoms with E-state index in [-0.39, 0.29) is 17.7 Å². The second-order valence-corrected chi connectivity index (χ2v) is 12.0. The second-order valence-electron chi connectivity index (χ2n) is 10.9. The lowest BCUT2D eigenvalue weighted by Crippen LogP contribution is -2.49. The lowest BCUT2D eigenvalue weighted by Gasteiger charge is -2.25. The van der Waals surface area contributed by atoms with Gasteiger partial charge >= 0.3 is 0 Å². The summed E-state index contributed by atoms with van der Waals surface area (Å²) in [6, 6.07) is 9.76. The van der Waals surface area contributed by atoms with Crippen molar-refractivity contribution >= 4 is 34.2 Å². The molecular formula is C30H43N5O2S. The summed E-state index contributed by atoms with van der Waals surface area (Å²) in [5.41, 5.74) is 2.41. The summed E-state index contributed by atoms with van der Waals surface area (Å²) in [5, 5.41) is 11.6. The lowest BCUT2D eigenvalue weighted by molar-refractivity contribution is -0.123. The fourth-order valence-electron chi connectivity index (χ4n) is 5.46. The quantitative estimate of drug-likeness (QED) is 0.292. The van der Waals surface area contributed by atoms with Gasteiger partial charge in [-0.2, -0.15) is 0 Å². The van der Waals surface area contributed by atoms with Crippen molar-refractivity contribution in [2.24, 2.45) is 11.8 Å². The van der Waals surface area contributed by atoms with Crippen LogP contribution in [0.15, 0.2) is 35.7 Å². The molecule has 1 aliphatic rings. The maximum atomic E-state index is 13.4. The van der Waals surface area contributed by atoms with Crippen LogP contribution in [0.4, 0.5) is 0 Å². The molecule has 4 rings (SSSR count). The first-order chi connectivity index (χ1) is 18.4. The monoisotopic (exact) mass is 537 g/mol. The molecule has 206 valence electrons. The number of carbonyl (C=O) groups is 2. The van der Waals surface area contributed by atoms with Crippen LogP contribution in [0.2, 0.25) is 0 Å². The lowest BCUT2D eigenvalue weighted by atomic mass is 9.99. The SMILES string of the molecule is CCC(CC)n1c(Cc2cccs2)nc2cc(C(=O)N[C@@H](CC(C)C)C(=O)NCC3CCCNC3)ccc21. The zero-order valence-corrected chi connectivity index (χ0v) is 24.1. The number of rotatable bonds is 12. The highest BCUT2D eigenvalue weighted by Gasteiger charge is 2.25. The molecule has 1 aliphatic heterocycles. The van der Waals surface area contributed by atoms with Gasteiger partial charge in [-0.1, -0.05) is 33.8 Å². The van der Waals surface area contributed by atoms with Crippen LogP contribution in [-0.4, -0.2) is 47.0 Å². The number of nitrogens with zero attached hydrogens (tertiary/aromatic N) is 2. The van der Waals surface area contributed by atoms with E-state index in [0.29, 0.717) is 30.5 Å². The maximum Gasteiger partial charge on any atom is 0.252 e. The molecule has 2 amide bonds. The van der Waals surface area contributed by atoms with Gasteiger partial charge in [0.25, 0.3) is 5.91 Å². The molecule has 0 saturated carbocycles. The van der Waals surface area contributed by atoms with E-state index >= 15 is 0 Å². The number of carbonyl (C=O) groups excluding carboxylic acids is 2. The largest absolute Gasteiger partial charge is 0.354 e. The minimum atomic E-state index is -0.564. The molecule has 3 heterocycles. The molecule has 3 N–H and O–H groups in total. The Hall–Kier alpha value is -2.71. The predicted molar refractivity (Wildman–Crippen MR) is 156 cm³/mol. The number of nitrogens with one attached hydrogen (secondary N) is 3. The van der Waals surface area contributed by atoms with Crippen LogP contribution >= 0.6 is 11.3 Å². The molecule has 3 aromatic rings. The second kappa shape index (κ2) is 13.4. The minimum Gasteiger partial charge on any atom is -0.354 e. The summed E-state index contributed by atoms with van der Waals surface area (Å²) in [6.45, 7) is 11.2. The first-order valence-electron chi connectivity index (χ1n) is 14.2. The molecule has 1 unspecified atom stereocenters. The number of amides is 2. The third-order valence-electron chi connectivity index (χ3n) is 7.54. The molecule has 2 atom stereocenters. The van der Waals surface area contributed by atoms with Crippen molar-refractivity contribution in [1.82, 2.24) is 25.5 Å². The Morgan fingerprint density at radius 3 is 2.68 bits per heavy atom. The molecule has 0 aliphatic carbocycles. The average Bonchev–Trinajstić information content (AvgIpc) is 3.55. The van der Waals surface area contributed by atoms with Gasteiger partial charge in [0.1, 0.15) is 11.9 Å². The van der Waals surface area contributed by atoms with Crippen molar-refractivity contribution in [3.8, 4) is 0 Å². The van der Waals surface area contributed by atoms with Crippen molar-refractivity contribution in [3.05, 3.63) is 52.0 Å². The molecule has 0 spiro atoms. The van der Waals surface area contributed by atoms with E-state index in [2.05, 4.69) is 65.7 Å². The molecule has 7 nitrogen and oxygen atoms in total. The third kappa shape index (κ3) is 7.03. The highest BCUT2D eigenvalue weighted by molar-refractivity contribution is 7.09. The van der Waals surface area contributed by atoms with Gasteiger partial charge in [0.2, 0.25) is 5.91 Å². The Morgan fingerprint density at radius 2 is 2.03 bits per heavy atom. The van der Waals surface area contributed by atoms with E-state index in [0.717, 1.165) is 62.1 Å². The van der Waals surface area contributed by atoms with Crippen molar-refractivity contribution < 1.29 is 9.59 Å². The van der Waals surface area contributed by atoms with Crippen LogP contribution in [0.3, 0.4) is 0 Å². The van der Waals surface area contributed by atoms with E-state index in [4.69, 9.17) is 4.98 Å². The summed E-state index contributed by atoms with van der Waals surface area (Å²) >= 11 is 1.74. The smallest absolute Gasteiger partial charge is 0.252 e. The van der Waals surface area contributed by atoms with Crippen LogP contribution in [0.25, 0.3) is 11.0 Å². The normalized spacial score (nSPS) is 16.7. The number of piperidine rings is 1. The fraction of sp³-hybridized carbons (Fsp3) is 0.567. The molecular weight excluding hydrogens is 494 g/mol. The Balaban J connectivity index is 1.53. The van der Waals surface area contributed by atoms with E-state index in [1.807, 2.05) is 18.2 Å². The predicted octanol–water partition coefficient (Wildman–Crippen LogP) is 5.31. The van der Waals surface area contributed by atoms with Gasteiger partial charge in [-0.15, -0.1) is 11.3 Å². The minimum absolute atomic E-state index is 0.102. The topological polar surface area (TPSA) is 88.0 Å². The van der Waals surface area contributed by atoms with Crippen molar-refractivity contribution in [2.75, 3.05) is 19.6 Å². The van der Waals surface area contributed by atoms with Gasteiger partial charge in [-0.05, 0) is 86.7 Å². The Labute approximate surface area is 230 Å². The fourth-order valence-corrected chi connectivity index (χ4v) is 6.16. The summed E-state index contributed by atoms with van der Waals surface area (Å²) in [7, 11) is 0. The third-order valence-corrected chi connectivity index (χ3v) is 8.41. The van der Waals surface area contributed by atoms with Gasteiger partial charge in [0, 0.05) is 29.4 Å². The van der Waals surface area contributed by atoms with Crippen LogP contribution in [0, 0.1) is 11.8 Å². The molecule has 8 heteroatoms. The summed E-state index contributed by atoms with van der Waals surface area (Å²) in [4.78, 5) is 32.7. The molecule has 1 aromatic carbocycles. The van der Waals surface area contributed by atoms with Crippen LogP contribution in [-0.2, 0) is 11.2 Å². The summed E-state index contributed by atoms with van der Waals surface area (Å²) < 4.78 is 2.35. The number of aromatic nitrogens is 2. The number of thiophene rings is 1. The van der Waals surface area contributed by atoms with Crippen molar-refractivity contribution in [1.29, 1.82) is 0 Å². The molecule has 38 heavy (non-hydrogen) atoms. The number of imidazole rings is 1. The summed E-state index contributed by atoms with van der Waals surface area (Å²) in [6.07, 6.45) is 5.66. The van der Waals surface area contributed by atoms with Gasteiger partial charge in [-0.3, -0.25) is 9.59 Å². The summed E-state index contributed by atoms with van der Waals surface area (Å²) in [5.74, 6) is 1.42. The highest BCUT2D eigenvalue weighted by Crippen LogP contribution is 2.28.